The Hall–Kier alpha value is -0.0800. The Morgan fingerprint density at radius 3 is 2.29 bits per heavy atom. The maximum atomic E-state index is 5.39. The van der Waals surface area contributed by atoms with Crippen LogP contribution in [-0.4, -0.2) is 11.8 Å². The summed E-state index contributed by atoms with van der Waals surface area (Å²) in [5.41, 5.74) is 5.42. The summed E-state index contributed by atoms with van der Waals surface area (Å²) < 4.78 is 5.03. The van der Waals surface area contributed by atoms with Crippen LogP contribution in [0.1, 0.15) is 20.3 Å². The van der Waals surface area contributed by atoms with Gasteiger partial charge in [-0.25, -0.2) is 0 Å². The summed E-state index contributed by atoms with van der Waals surface area (Å²) in [5.74, 6) is 0. The highest BCUT2D eigenvalue weighted by atomic mass is 16.6. The Morgan fingerprint density at radius 1 is 1.86 bits per heavy atom. The molecule has 7 heavy (non-hydrogen) atoms. The van der Waals surface area contributed by atoms with Crippen LogP contribution in [0.3, 0.4) is 0 Å². The summed E-state index contributed by atoms with van der Waals surface area (Å²) in [7, 11) is 0. The molecule has 1 aliphatic heterocycles. The van der Waals surface area contributed by atoms with E-state index in [0.717, 1.165) is 6.42 Å². The van der Waals surface area contributed by atoms with Crippen LogP contribution in [-0.2, 0) is 4.74 Å². The van der Waals surface area contributed by atoms with Crippen molar-refractivity contribution >= 4 is 0 Å². The van der Waals surface area contributed by atoms with E-state index >= 15 is 0 Å². The topological polar surface area (TPSA) is 38.5 Å². The van der Waals surface area contributed by atoms with E-state index in [4.69, 9.17) is 10.5 Å². The maximum absolute atomic E-state index is 5.39. The van der Waals surface area contributed by atoms with E-state index in [1.807, 2.05) is 6.92 Å². The zero-order valence-electron chi connectivity index (χ0n) is 4.77. The van der Waals surface area contributed by atoms with Gasteiger partial charge in [-0.3, -0.25) is 0 Å². The van der Waals surface area contributed by atoms with Crippen molar-refractivity contribution in [1.29, 1.82) is 0 Å². The van der Waals surface area contributed by atoms with Gasteiger partial charge in [0.15, 0.2) is 0 Å². The first-order valence-corrected chi connectivity index (χ1v) is 2.62. The van der Waals surface area contributed by atoms with Crippen molar-refractivity contribution in [2.24, 2.45) is 5.73 Å². The fourth-order valence-electron chi connectivity index (χ4n) is 0.541. The number of hydrogen-bond acceptors (Lipinski definition) is 2. The molecule has 1 rings (SSSR count). The van der Waals surface area contributed by atoms with Gasteiger partial charge in [-0.1, -0.05) is 6.92 Å². The van der Waals surface area contributed by atoms with Gasteiger partial charge < -0.3 is 10.5 Å². The average Bonchev–Trinajstić information content (AvgIpc) is 2.18. The lowest BCUT2D eigenvalue weighted by atomic mass is 10.1. The molecular weight excluding hydrogens is 90.1 g/mol. The Bertz CT molecular complexity index is 80.1. The second-order valence-electron chi connectivity index (χ2n) is 2.20. The lowest BCUT2D eigenvalue weighted by Crippen LogP contribution is -2.14. The Morgan fingerprint density at radius 2 is 2.29 bits per heavy atom. The van der Waals surface area contributed by atoms with E-state index < -0.39 is 0 Å². The highest BCUT2D eigenvalue weighted by molar-refractivity contribution is 4.93. The monoisotopic (exact) mass is 101 g/mol. The predicted octanol–water partition coefficient (Wildman–Crippen LogP) is 0.470. The van der Waals surface area contributed by atoms with Gasteiger partial charge in [0, 0.05) is 0 Å². The van der Waals surface area contributed by atoms with Gasteiger partial charge in [-0.05, 0) is 13.3 Å². The maximum Gasteiger partial charge on any atom is 0.135 e. The molecule has 0 radical (unpaired) electrons. The molecule has 1 fully saturated rings. The smallest absolute Gasteiger partial charge is 0.135 e. The molecule has 0 aromatic heterocycles. The summed E-state index contributed by atoms with van der Waals surface area (Å²) in [6.07, 6.45) is 1.03. The molecule has 2 N–H and O–H groups in total. The van der Waals surface area contributed by atoms with Gasteiger partial charge >= 0.3 is 0 Å². The summed E-state index contributed by atoms with van der Waals surface area (Å²) in [5, 5.41) is 0. The summed E-state index contributed by atoms with van der Waals surface area (Å²) >= 11 is 0. The zero-order valence-corrected chi connectivity index (χ0v) is 4.77. The molecular formula is C5H11NO. The Balaban J connectivity index is 2.36. The minimum Gasteiger partial charge on any atom is -0.350 e. The third-order valence-electron chi connectivity index (χ3n) is 1.64. The standard InChI is InChI=1S/C5H11NO/c1-3-5(2)4(6)7-5/h4H,3,6H2,1-2H3. The summed E-state index contributed by atoms with van der Waals surface area (Å²) in [4.78, 5) is 0. The van der Waals surface area contributed by atoms with Gasteiger partial charge in [-0.15, -0.1) is 0 Å². The summed E-state index contributed by atoms with van der Waals surface area (Å²) in [6, 6.07) is 0. The van der Waals surface area contributed by atoms with Crippen LogP contribution in [0.2, 0.25) is 0 Å². The number of nitrogens with two attached hydrogens (primary N) is 1. The van der Waals surface area contributed by atoms with Gasteiger partial charge in [0.2, 0.25) is 0 Å². The fourth-order valence-corrected chi connectivity index (χ4v) is 0.541. The molecule has 0 aromatic rings. The molecule has 0 saturated carbocycles. The van der Waals surface area contributed by atoms with Crippen LogP contribution < -0.4 is 5.73 Å². The molecule has 0 bridgehead atoms. The van der Waals surface area contributed by atoms with E-state index in [1.165, 1.54) is 0 Å². The van der Waals surface area contributed by atoms with Crippen molar-refractivity contribution in [1.82, 2.24) is 0 Å². The average molecular weight is 101 g/mol. The van der Waals surface area contributed by atoms with Gasteiger partial charge in [0.05, 0.1) is 0 Å². The lowest BCUT2D eigenvalue weighted by molar-refractivity contribution is 0.304. The molecule has 2 heteroatoms. The van der Waals surface area contributed by atoms with Crippen molar-refractivity contribution < 1.29 is 4.74 Å². The number of epoxide rings is 1. The normalized spacial score (nSPS) is 49.3. The molecule has 1 saturated heterocycles. The highest BCUT2D eigenvalue weighted by Crippen LogP contribution is 2.34. The van der Waals surface area contributed by atoms with E-state index in [1.54, 1.807) is 0 Å². The molecule has 1 aliphatic rings. The molecule has 0 spiro atoms. The van der Waals surface area contributed by atoms with Gasteiger partial charge in [0.1, 0.15) is 11.8 Å². The zero-order chi connectivity index (χ0) is 5.49. The third kappa shape index (κ3) is 0.640. The van der Waals surface area contributed by atoms with Crippen molar-refractivity contribution in [3.63, 3.8) is 0 Å². The van der Waals surface area contributed by atoms with Gasteiger partial charge in [-0.2, -0.15) is 0 Å². The number of rotatable bonds is 1. The van der Waals surface area contributed by atoms with Crippen molar-refractivity contribution in [2.45, 2.75) is 32.1 Å². The van der Waals surface area contributed by atoms with Crippen LogP contribution in [0.25, 0.3) is 0 Å². The van der Waals surface area contributed by atoms with Crippen LogP contribution in [0, 0.1) is 0 Å². The first-order valence-electron chi connectivity index (χ1n) is 2.62. The number of ether oxygens (including phenoxy) is 1. The highest BCUT2D eigenvalue weighted by Gasteiger charge is 2.47. The molecule has 42 valence electrons. The molecule has 0 aliphatic carbocycles. The van der Waals surface area contributed by atoms with Crippen molar-refractivity contribution in [2.75, 3.05) is 0 Å². The van der Waals surface area contributed by atoms with Crippen molar-refractivity contribution in [3.8, 4) is 0 Å². The molecule has 2 nitrogen and oxygen atoms in total. The van der Waals surface area contributed by atoms with Crippen LogP contribution in [0.5, 0.6) is 0 Å². The minimum absolute atomic E-state index is 0.0116. The SMILES string of the molecule is CCC1(C)OC1N. The molecule has 2 unspecified atom stereocenters. The van der Waals surface area contributed by atoms with E-state index in [-0.39, 0.29) is 11.8 Å². The van der Waals surface area contributed by atoms with E-state index in [2.05, 4.69) is 6.92 Å². The Kier molecular flexibility index (Phi) is 0.869. The second kappa shape index (κ2) is 1.20. The van der Waals surface area contributed by atoms with Crippen molar-refractivity contribution in [3.05, 3.63) is 0 Å². The number of hydrogen-bond donors (Lipinski definition) is 1. The first-order chi connectivity index (χ1) is 3.19. The fraction of sp³-hybridized carbons (Fsp3) is 1.00. The van der Waals surface area contributed by atoms with Crippen LogP contribution in [0.4, 0.5) is 0 Å². The molecule has 2 atom stereocenters. The van der Waals surface area contributed by atoms with Gasteiger partial charge in [0.25, 0.3) is 0 Å². The van der Waals surface area contributed by atoms with E-state index in [0.29, 0.717) is 0 Å². The third-order valence-corrected chi connectivity index (χ3v) is 1.64. The largest absolute Gasteiger partial charge is 0.350 e. The van der Waals surface area contributed by atoms with Crippen LogP contribution >= 0.6 is 0 Å². The van der Waals surface area contributed by atoms with E-state index in [9.17, 15) is 0 Å². The lowest BCUT2D eigenvalue weighted by Gasteiger charge is -1.94. The molecule has 0 aromatic carbocycles. The molecule has 0 amide bonds. The second-order valence-corrected chi connectivity index (χ2v) is 2.20. The quantitative estimate of drug-likeness (QED) is 0.487. The predicted molar refractivity (Wildman–Crippen MR) is 27.8 cm³/mol. The Labute approximate surface area is 43.6 Å². The minimum atomic E-state index is 0.0116. The van der Waals surface area contributed by atoms with Crippen LogP contribution in [0.15, 0.2) is 0 Å². The molecule has 1 heterocycles. The first kappa shape index (κ1) is 5.06. The summed E-state index contributed by atoms with van der Waals surface area (Å²) in [6.45, 7) is 4.10.